The van der Waals surface area contributed by atoms with Crippen molar-refractivity contribution in [2.24, 2.45) is 0 Å². The fraction of sp³-hybridized carbons (Fsp3) is 0.208. The number of carbonyl (C=O) groups is 1. The molecule has 0 saturated carbocycles. The molecule has 0 aliphatic carbocycles. The molecule has 6 heteroatoms. The fourth-order valence-corrected chi connectivity index (χ4v) is 2.87. The van der Waals surface area contributed by atoms with Crippen LogP contribution in [0.15, 0.2) is 66.7 Å². The van der Waals surface area contributed by atoms with Gasteiger partial charge in [-0.3, -0.25) is 0 Å². The first-order chi connectivity index (χ1) is 14.6. The van der Waals surface area contributed by atoms with Crippen LogP contribution in [0.2, 0.25) is 0 Å². The molecular formula is C24H29N3O3. The molecule has 0 spiro atoms. The number of rotatable bonds is 8. The number of carbonyl (C=O) groups excluding carboxylic acids is 1. The zero-order valence-electron chi connectivity index (χ0n) is 17.6. The molecule has 0 saturated heterocycles. The standard InChI is InChI=1S/C14H17N3.C10H12O3/c1-16-13-8-4-2-6-11(13)10-17-14-9-5-3-7-12(14)15;1-12-9-4-3-8(5-6-11)7-10(9)13-2/h2-9,16-17H,10,15H2,1H3;3-4,6-7H,5H2,1-2H3. The zero-order valence-corrected chi connectivity index (χ0v) is 17.6. The maximum Gasteiger partial charge on any atom is 0.161 e. The minimum atomic E-state index is 0.403. The Hall–Kier alpha value is -3.67. The molecule has 0 heterocycles. The maximum absolute atomic E-state index is 10.3. The normalized spacial score (nSPS) is 9.70. The quantitative estimate of drug-likeness (QED) is 0.380. The summed E-state index contributed by atoms with van der Waals surface area (Å²) in [6.07, 6.45) is 1.27. The van der Waals surface area contributed by atoms with Crippen LogP contribution >= 0.6 is 0 Å². The number of methoxy groups -OCH3 is 2. The molecule has 0 atom stereocenters. The predicted octanol–water partition coefficient (Wildman–Crippen LogP) is 4.37. The minimum Gasteiger partial charge on any atom is -0.493 e. The molecule has 0 aliphatic rings. The van der Waals surface area contributed by atoms with Gasteiger partial charge in [-0.1, -0.05) is 36.4 Å². The van der Waals surface area contributed by atoms with E-state index < -0.39 is 0 Å². The number of hydrogen-bond acceptors (Lipinski definition) is 6. The van der Waals surface area contributed by atoms with Crippen LogP contribution in [0.5, 0.6) is 11.5 Å². The van der Waals surface area contributed by atoms with Crippen molar-refractivity contribution in [2.75, 3.05) is 37.6 Å². The molecule has 4 N–H and O–H groups in total. The summed E-state index contributed by atoms with van der Waals surface area (Å²) in [6.45, 7) is 0.755. The van der Waals surface area contributed by atoms with Crippen LogP contribution in [-0.4, -0.2) is 27.6 Å². The van der Waals surface area contributed by atoms with Gasteiger partial charge in [-0.2, -0.15) is 0 Å². The SMILES string of the molecule is CNc1ccccc1CNc1ccccc1N.COc1ccc(CC=O)cc1OC. The second-order valence-electron chi connectivity index (χ2n) is 6.41. The van der Waals surface area contributed by atoms with Gasteiger partial charge < -0.3 is 30.6 Å². The molecule has 0 unspecified atom stereocenters. The van der Waals surface area contributed by atoms with Gasteiger partial charge >= 0.3 is 0 Å². The Balaban J connectivity index is 0.000000222. The Morgan fingerprint density at radius 3 is 2.20 bits per heavy atom. The Labute approximate surface area is 178 Å². The third-order valence-electron chi connectivity index (χ3n) is 4.48. The lowest BCUT2D eigenvalue weighted by Crippen LogP contribution is -2.04. The van der Waals surface area contributed by atoms with E-state index in [9.17, 15) is 4.79 Å². The highest BCUT2D eigenvalue weighted by Crippen LogP contribution is 2.27. The number of nitrogens with one attached hydrogen (secondary N) is 2. The van der Waals surface area contributed by atoms with Gasteiger partial charge in [0.25, 0.3) is 0 Å². The number of nitrogen functional groups attached to an aromatic ring is 1. The number of hydrogen-bond donors (Lipinski definition) is 3. The number of nitrogens with two attached hydrogens (primary N) is 1. The Kier molecular flexibility index (Phi) is 9.06. The van der Waals surface area contributed by atoms with Crippen LogP contribution in [0.1, 0.15) is 11.1 Å². The van der Waals surface area contributed by atoms with E-state index in [0.29, 0.717) is 17.9 Å². The molecule has 0 amide bonds. The third-order valence-corrected chi connectivity index (χ3v) is 4.48. The van der Waals surface area contributed by atoms with Crippen LogP contribution in [0.25, 0.3) is 0 Å². The van der Waals surface area contributed by atoms with E-state index in [1.807, 2.05) is 49.5 Å². The van der Waals surface area contributed by atoms with Gasteiger partial charge in [-0.05, 0) is 41.5 Å². The van der Waals surface area contributed by atoms with E-state index in [0.717, 1.165) is 35.5 Å². The second kappa shape index (κ2) is 12.0. The van der Waals surface area contributed by atoms with Crippen molar-refractivity contribution in [1.29, 1.82) is 0 Å². The highest BCUT2D eigenvalue weighted by atomic mass is 16.5. The summed E-state index contributed by atoms with van der Waals surface area (Å²) < 4.78 is 10.1. The van der Waals surface area contributed by atoms with Crippen LogP contribution in [-0.2, 0) is 17.8 Å². The fourth-order valence-electron chi connectivity index (χ4n) is 2.87. The van der Waals surface area contributed by atoms with E-state index in [-0.39, 0.29) is 0 Å². The zero-order chi connectivity index (χ0) is 21.8. The van der Waals surface area contributed by atoms with Crippen molar-refractivity contribution in [1.82, 2.24) is 0 Å². The van der Waals surface area contributed by atoms with Gasteiger partial charge in [0, 0.05) is 25.7 Å². The third kappa shape index (κ3) is 6.44. The van der Waals surface area contributed by atoms with E-state index >= 15 is 0 Å². The first kappa shape index (κ1) is 22.6. The number of aldehydes is 1. The minimum absolute atomic E-state index is 0.403. The molecule has 0 fully saturated rings. The molecule has 0 aliphatic heterocycles. The molecule has 0 bridgehead atoms. The number of ether oxygens (including phenoxy) is 2. The number of anilines is 3. The van der Waals surface area contributed by atoms with Gasteiger partial charge in [0.05, 0.1) is 25.6 Å². The molecule has 6 nitrogen and oxygen atoms in total. The monoisotopic (exact) mass is 407 g/mol. The molecular weight excluding hydrogens is 378 g/mol. The average molecular weight is 408 g/mol. The highest BCUT2D eigenvalue weighted by Gasteiger charge is 2.03. The summed E-state index contributed by atoms with van der Waals surface area (Å²) in [5.41, 5.74) is 10.9. The molecule has 3 aromatic rings. The van der Waals surface area contributed by atoms with Crippen LogP contribution < -0.4 is 25.8 Å². The first-order valence-corrected chi connectivity index (χ1v) is 9.61. The van der Waals surface area contributed by atoms with Crippen LogP contribution in [0.3, 0.4) is 0 Å². The van der Waals surface area contributed by atoms with Crippen LogP contribution in [0, 0.1) is 0 Å². The Bertz CT molecular complexity index is 944. The van der Waals surface area contributed by atoms with Crippen LogP contribution in [0.4, 0.5) is 17.1 Å². The van der Waals surface area contributed by atoms with Gasteiger partial charge in [0.15, 0.2) is 11.5 Å². The van der Waals surface area contributed by atoms with E-state index in [4.69, 9.17) is 15.2 Å². The smallest absolute Gasteiger partial charge is 0.161 e. The van der Waals surface area contributed by atoms with Gasteiger partial charge in [-0.25, -0.2) is 0 Å². The molecule has 0 aromatic heterocycles. The lowest BCUT2D eigenvalue weighted by atomic mass is 10.1. The number of para-hydroxylation sites is 3. The van der Waals surface area contributed by atoms with Gasteiger partial charge in [-0.15, -0.1) is 0 Å². The van der Waals surface area contributed by atoms with E-state index in [1.54, 1.807) is 26.4 Å². The lowest BCUT2D eigenvalue weighted by molar-refractivity contribution is -0.107. The van der Waals surface area contributed by atoms with Crippen molar-refractivity contribution in [3.8, 4) is 11.5 Å². The van der Waals surface area contributed by atoms with E-state index in [2.05, 4.69) is 22.8 Å². The van der Waals surface area contributed by atoms with Crippen molar-refractivity contribution >= 4 is 23.3 Å². The Morgan fingerprint density at radius 2 is 1.57 bits per heavy atom. The van der Waals surface area contributed by atoms with E-state index in [1.165, 1.54) is 5.56 Å². The molecule has 3 rings (SSSR count). The largest absolute Gasteiger partial charge is 0.493 e. The molecule has 30 heavy (non-hydrogen) atoms. The molecule has 3 aromatic carbocycles. The summed E-state index contributed by atoms with van der Waals surface area (Å²) in [5.74, 6) is 1.33. The van der Waals surface area contributed by atoms with Gasteiger partial charge in [0.1, 0.15) is 6.29 Å². The predicted molar refractivity (Wildman–Crippen MR) is 123 cm³/mol. The average Bonchev–Trinajstić information content (AvgIpc) is 2.79. The summed E-state index contributed by atoms with van der Waals surface area (Å²) in [7, 11) is 5.08. The van der Waals surface area contributed by atoms with Gasteiger partial charge in [0.2, 0.25) is 0 Å². The van der Waals surface area contributed by atoms with Crippen molar-refractivity contribution in [2.45, 2.75) is 13.0 Å². The second-order valence-corrected chi connectivity index (χ2v) is 6.41. The summed E-state index contributed by atoms with van der Waals surface area (Å²) in [4.78, 5) is 10.3. The van der Waals surface area contributed by atoms with Crippen molar-refractivity contribution < 1.29 is 14.3 Å². The summed E-state index contributed by atoms with van der Waals surface area (Å²) >= 11 is 0. The molecule has 158 valence electrons. The maximum atomic E-state index is 10.3. The summed E-state index contributed by atoms with van der Waals surface area (Å²) in [5, 5.41) is 6.51. The topological polar surface area (TPSA) is 85.6 Å². The highest BCUT2D eigenvalue weighted by molar-refractivity contribution is 5.66. The van der Waals surface area contributed by atoms with Crippen molar-refractivity contribution in [3.05, 3.63) is 77.9 Å². The number of benzene rings is 3. The van der Waals surface area contributed by atoms with Crippen molar-refractivity contribution in [3.63, 3.8) is 0 Å². The molecule has 0 radical (unpaired) electrons. The Morgan fingerprint density at radius 1 is 0.900 bits per heavy atom. The summed E-state index contributed by atoms with van der Waals surface area (Å²) in [6, 6.07) is 21.4. The lowest BCUT2D eigenvalue weighted by Gasteiger charge is -2.12. The first-order valence-electron chi connectivity index (χ1n) is 9.61.